The SMILES string of the molecule is CCN1CC2(CCN(C(=O)c3ccc(-c4ccc(O)cc4)cc3)CC2)OC1=O. The van der Waals surface area contributed by atoms with Crippen molar-refractivity contribution in [2.45, 2.75) is 25.4 Å². The molecule has 0 bridgehead atoms. The Kier molecular flexibility index (Phi) is 4.71. The summed E-state index contributed by atoms with van der Waals surface area (Å²) in [7, 11) is 0. The molecule has 6 nitrogen and oxygen atoms in total. The van der Waals surface area contributed by atoms with E-state index in [-0.39, 0.29) is 17.7 Å². The normalized spacial score (nSPS) is 18.4. The minimum atomic E-state index is -0.438. The van der Waals surface area contributed by atoms with Gasteiger partial charge in [-0.2, -0.15) is 0 Å². The number of phenolic OH excluding ortho intramolecular Hbond substituents is 1. The Labute approximate surface area is 164 Å². The van der Waals surface area contributed by atoms with Crippen molar-refractivity contribution in [3.63, 3.8) is 0 Å². The van der Waals surface area contributed by atoms with Crippen molar-refractivity contribution < 1.29 is 19.4 Å². The first kappa shape index (κ1) is 18.3. The van der Waals surface area contributed by atoms with Gasteiger partial charge in [0.2, 0.25) is 0 Å². The number of phenols is 1. The van der Waals surface area contributed by atoms with Gasteiger partial charge in [-0.1, -0.05) is 24.3 Å². The molecule has 0 atom stereocenters. The van der Waals surface area contributed by atoms with Crippen LogP contribution < -0.4 is 0 Å². The van der Waals surface area contributed by atoms with Crippen molar-refractivity contribution in [3.05, 3.63) is 54.1 Å². The second-order valence-electron chi connectivity index (χ2n) is 7.48. The third kappa shape index (κ3) is 3.42. The van der Waals surface area contributed by atoms with Crippen molar-refractivity contribution in [2.24, 2.45) is 0 Å². The number of ether oxygens (including phenoxy) is 1. The average molecular weight is 380 g/mol. The van der Waals surface area contributed by atoms with Crippen molar-refractivity contribution in [1.82, 2.24) is 9.80 Å². The van der Waals surface area contributed by atoms with Gasteiger partial charge in [0, 0.05) is 38.0 Å². The highest BCUT2D eigenvalue weighted by Crippen LogP contribution is 2.33. The molecule has 2 aliphatic heterocycles. The molecule has 0 saturated carbocycles. The molecule has 1 spiro atoms. The molecule has 0 aromatic heterocycles. The predicted molar refractivity (Wildman–Crippen MR) is 105 cm³/mol. The number of carbonyl (C=O) groups is 2. The zero-order valence-corrected chi connectivity index (χ0v) is 15.9. The minimum Gasteiger partial charge on any atom is -0.508 e. The average Bonchev–Trinajstić information content (AvgIpc) is 3.03. The number of nitrogens with zero attached hydrogens (tertiary/aromatic N) is 2. The van der Waals surface area contributed by atoms with E-state index in [1.54, 1.807) is 17.0 Å². The van der Waals surface area contributed by atoms with Crippen LogP contribution in [0.5, 0.6) is 5.75 Å². The van der Waals surface area contributed by atoms with Crippen LogP contribution in [0.4, 0.5) is 4.79 Å². The summed E-state index contributed by atoms with van der Waals surface area (Å²) in [5, 5.41) is 9.40. The van der Waals surface area contributed by atoms with E-state index in [1.807, 2.05) is 48.2 Å². The third-order valence-corrected chi connectivity index (χ3v) is 5.72. The highest BCUT2D eigenvalue weighted by atomic mass is 16.6. The molecule has 146 valence electrons. The molecule has 2 fully saturated rings. The summed E-state index contributed by atoms with van der Waals surface area (Å²) in [5.74, 6) is 0.234. The van der Waals surface area contributed by atoms with Gasteiger partial charge in [0.15, 0.2) is 0 Å². The van der Waals surface area contributed by atoms with Crippen LogP contribution in [0.3, 0.4) is 0 Å². The fourth-order valence-corrected chi connectivity index (χ4v) is 3.95. The van der Waals surface area contributed by atoms with Gasteiger partial charge in [0.25, 0.3) is 5.91 Å². The minimum absolute atomic E-state index is 0.00350. The second-order valence-corrected chi connectivity index (χ2v) is 7.48. The summed E-state index contributed by atoms with van der Waals surface area (Å²) in [5.41, 5.74) is 2.19. The first-order valence-electron chi connectivity index (χ1n) is 9.66. The monoisotopic (exact) mass is 380 g/mol. The van der Waals surface area contributed by atoms with Crippen LogP contribution >= 0.6 is 0 Å². The van der Waals surface area contributed by atoms with E-state index in [4.69, 9.17) is 4.74 Å². The molecule has 2 aliphatic rings. The highest BCUT2D eigenvalue weighted by molar-refractivity contribution is 5.94. The number of piperidine rings is 1. The molecule has 6 heteroatoms. The lowest BCUT2D eigenvalue weighted by Crippen LogP contribution is -2.48. The molecule has 2 aromatic carbocycles. The Morgan fingerprint density at radius 1 is 1.04 bits per heavy atom. The van der Waals surface area contributed by atoms with E-state index in [2.05, 4.69) is 0 Å². The molecule has 0 aliphatic carbocycles. The Balaban J connectivity index is 1.40. The van der Waals surface area contributed by atoms with Gasteiger partial charge in [-0.3, -0.25) is 4.79 Å². The van der Waals surface area contributed by atoms with Crippen molar-refractivity contribution >= 4 is 12.0 Å². The maximum atomic E-state index is 12.9. The van der Waals surface area contributed by atoms with E-state index in [0.717, 1.165) is 11.1 Å². The number of rotatable bonds is 3. The summed E-state index contributed by atoms with van der Waals surface area (Å²) in [6.07, 6.45) is 1.10. The van der Waals surface area contributed by atoms with Crippen LogP contribution in [0.1, 0.15) is 30.1 Å². The lowest BCUT2D eigenvalue weighted by Gasteiger charge is -2.37. The fourth-order valence-electron chi connectivity index (χ4n) is 3.95. The van der Waals surface area contributed by atoms with E-state index < -0.39 is 5.60 Å². The van der Waals surface area contributed by atoms with Gasteiger partial charge in [-0.25, -0.2) is 4.79 Å². The zero-order valence-electron chi connectivity index (χ0n) is 15.9. The number of hydrogen-bond donors (Lipinski definition) is 1. The van der Waals surface area contributed by atoms with Gasteiger partial charge in [0.1, 0.15) is 11.4 Å². The molecule has 4 rings (SSSR count). The van der Waals surface area contributed by atoms with Crippen LogP contribution in [-0.4, -0.2) is 58.7 Å². The summed E-state index contributed by atoms with van der Waals surface area (Å²) in [6, 6.07) is 14.5. The molecule has 2 aromatic rings. The van der Waals surface area contributed by atoms with Gasteiger partial charge >= 0.3 is 6.09 Å². The van der Waals surface area contributed by atoms with E-state index >= 15 is 0 Å². The van der Waals surface area contributed by atoms with Crippen molar-refractivity contribution in [3.8, 4) is 16.9 Å². The fraction of sp³-hybridized carbons (Fsp3) is 0.364. The molecule has 0 radical (unpaired) electrons. The summed E-state index contributed by atoms with van der Waals surface area (Å²) >= 11 is 0. The smallest absolute Gasteiger partial charge is 0.410 e. The Bertz CT molecular complexity index is 868. The summed E-state index contributed by atoms with van der Waals surface area (Å²) < 4.78 is 5.63. The van der Waals surface area contributed by atoms with E-state index in [1.165, 1.54) is 0 Å². The van der Waals surface area contributed by atoms with E-state index in [9.17, 15) is 14.7 Å². The number of carbonyl (C=O) groups excluding carboxylic acids is 2. The quantitative estimate of drug-likeness (QED) is 0.885. The molecule has 0 unspecified atom stereocenters. The molecule has 2 amide bonds. The van der Waals surface area contributed by atoms with Crippen LogP contribution in [0, 0.1) is 0 Å². The molecular weight excluding hydrogens is 356 g/mol. The summed E-state index contributed by atoms with van der Waals surface area (Å²) in [6.45, 7) is 4.38. The predicted octanol–water partition coefficient (Wildman–Crippen LogP) is 3.51. The molecular formula is C22H24N2O4. The van der Waals surface area contributed by atoms with Crippen LogP contribution in [-0.2, 0) is 4.74 Å². The maximum absolute atomic E-state index is 12.9. The highest BCUT2D eigenvalue weighted by Gasteiger charge is 2.46. The Hall–Kier alpha value is -3.02. The lowest BCUT2D eigenvalue weighted by molar-refractivity contribution is 0.00314. The molecule has 28 heavy (non-hydrogen) atoms. The first-order chi connectivity index (χ1) is 13.5. The number of hydrogen-bond acceptors (Lipinski definition) is 4. The van der Waals surface area contributed by atoms with Gasteiger partial charge in [0.05, 0.1) is 6.54 Å². The number of aromatic hydroxyl groups is 1. The first-order valence-corrected chi connectivity index (χ1v) is 9.66. The second kappa shape index (κ2) is 7.19. The zero-order chi connectivity index (χ0) is 19.7. The molecule has 1 N–H and O–H groups in total. The third-order valence-electron chi connectivity index (χ3n) is 5.72. The maximum Gasteiger partial charge on any atom is 0.410 e. The number of amides is 2. The van der Waals surface area contributed by atoms with Gasteiger partial charge in [-0.15, -0.1) is 0 Å². The van der Waals surface area contributed by atoms with Crippen LogP contribution in [0.15, 0.2) is 48.5 Å². The van der Waals surface area contributed by atoms with Crippen molar-refractivity contribution in [1.29, 1.82) is 0 Å². The van der Waals surface area contributed by atoms with Crippen LogP contribution in [0.2, 0.25) is 0 Å². The lowest BCUT2D eigenvalue weighted by atomic mass is 9.91. The van der Waals surface area contributed by atoms with Crippen molar-refractivity contribution in [2.75, 3.05) is 26.2 Å². The topological polar surface area (TPSA) is 70.1 Å². The largest absolute Gasteiger partial charge is 0.508 e. The molecule has 2 saturated heterocycles. The number of likely N-dealkylation sites (N-methyl/N-ethyl adjacent to an activating group) is 1. The van der Waals surface area contributed by atoms with Crippen LogP contribution in [0.25, 0.3) is 11.1 Å². The molecule has 2 heterocycles. The van der Waals surface area contributed by atoms with Gasteiger partial charge < -0.3 is 19.6 Å². The Morgan fingerprint density at radius 3 is 2.14 bits per heavy atom. The standard InChI is InChI=1S/C22H24N2O4/c1-2-23-15-22(28-21(23)27)11-13-24(14-12-22)20(26)18-5-3-16(4-6-18)17-7-9-19(25)10-8-17/h3-10,25H,2,11-15H2,1H3. The summed E-state index contributed by atoms with van der Waals surface area (Å²) in [4.78, 5) is 28.3. The number of benzene rings is 2. The van der Waals surface area contributed by atoms with Gasteiger partial charge in [-0.05, 0) is 42.3 Å². The van der Waals surface area contributed by atoms with E-state index in [0.29, 0.717) is 44.6 Å². The Morgan fingerprint density at radius 2 is 1.61 bits per heavy atom. The number of likely N-dealkylation sites (tertiary alicyclic amines) is 1.